The summed E-state index contributed by atoms with van der Waals surface area (Å²) < 4.78 is 11.4. The fourth-order valence-electron chi connectivity index (χ4n) is 7.51. The molecule has 0 bridgehead atoms. The Morgan fingerprint density at radius 2 is 0.731 bits per heavy atom. The lowest BCUT2D eigenvalue weighted by atomic mass is 9.91. The molecule has 0 fully saturated rings. The van der Waals surface area contributed by atoms with E-state index in [0.717, 1.165) is 77.3 Å². The first-order chi connectivity index (χ1) is 25.5. The van der Waals surface area contributed by atoms with Gasteiger partial charge in [-0.05, 0) is 89.1 Å². The number of hydrogen-bond donors (Lipinski definition) is 1. The summed E-state index contributed by atoms with van der Waals surface area (Å²) in [6.07, 6.45) is 37.6. The molecule has 0 aromatic rings. The summed E-state index contributed by atoms with van der Waals surface area (Å²) in [6.45, 7) is 12.9. The van der Waals surface area contributed by atoms with Gasteiger partial charge in [0.2, 0.25) is 0 Å². The zero-order valence-corrected chi connectivity index (χ0v) is 35.6. The van der Waals surface area contributed by atoms with Crippen molar-refractivity contribution >= 4 is 11.9 Å². The van der Waals surface area contributed by atoms with E-state index in [1.165, 1.54) is 128 Å². The Labute approximate surface area is 324 Å². The minimum atomic E-state index is -0.00514. The zero-order valence-electron chi connectivity index (χ0n) is 35.6. The predicted octanol–water partition coefficient (Wildman–Crippen LogP) is 13.2. The topological polar surface area (TPSA) is 76.1 Å². The van der Waals surface area contributed by atoms with Crippen LogP contribution in [0.1, 0.15) is 233 Å². The van der Waals surface area contributed by atoms with Crippen LogP contribution < -0.4 is 0 Å². The summed E-state index contributed by atoms with van der Waals surface area (Å²) >= 11 is 0. The van der Waals surface area contributed by atoms with Crippen LogP contribution in [0.15, 0.2) is 0 Å². The van der Waals surface area contributed by atoms with Gasteiger partial charge in [-0.25, -0.2) is 0 Å². The van der Waals surface area contributed by atoms with Gasteiger partial charge in [0, 0.05) is 19.4 Å². The highest BCUT2D eigenvalue weighted by Crippen LogP contribution is 2.24. The normalized spacial score (nSPS) is 12.7. The van der Waals surface area contributed by atoms with Crippen LogP contribution in [0, 0.1) is 11.8 Å². The summed E-state index contributed by atoms with van der Waals surface area (Å²) in [4.78, 5) is 27.7. The molecule has 0 radical (unpaired) electrons. The predicted molar refractivity (Wildman–Crippen MR) is 223 cm³/mol. The van der Waals surface area contributed by atoms with Crippen molar-refractivity contribution in [2.24, 2.45) is 11.8 Å². The molecule has 52 heavy (non-hydrogen) atoms. The Hall–Kier alpha value is -1.14. The van der Waals surface area contributed by atoms with Crippen molar-refractivity contribution in [2.75, 3.05) is 39.5 Å². The summed E-state index contributed by atoms with van der Waals surface area (Å²) in [5.74, 6) is 0.947. The van der Waals surface area contributed by atoms with E-state index in [1.54, 1.807) is 0 Å². The van der Waals surface area contributed by atoms with Crippen LogP contribution >= 0.6 is 0 Å². The van der Waals surface area contributed by atoms with E-state index >= 15 is 0 Å². The van der Waals surface area contributed by atoms with Gasteiger partial charge in [0.15, 0.2) is 0 Å². The third kappa shape index (κ3) is 35.9. The lowest BCUT2D eigenvalue weighted by molar-refractivity contribution is -0.146. The molecule has 0 aliphatic rings. The van der Waals surface area contributed by atoms with Gasteiger partial charge in [0.05, 0.1) is 19.8 Å². The fourth-order valence-corrected chi connectivity index (χ4v) is 7.51. The number of carbonyl (C=O) groups excluding carboxylic acids is 2. The van der Waals surface area contributed by atoms with Crippen LogP contribution in [-0.2, 0) is 19.1 Å². The van der Waals surface area contributed by atoms with Crippen LogP contribution in [0.5, 0.6) is 0 Å². The second-order valence-corrected chi connectivity index (χ2v) is 16.1. The van der Waals surface area contributed by atoms with Crippen molar-refractivity contribution in [3.63, 3.8) is 0 Å². The van der Waals surface area contributed by atoms with Gasteiger partial charge in [0.1, 0.15) is 0 Å². The number of ether oxygens (including phenoxy) is 2. The number of hydrogen-bond acceptors (Lipinski definition) is 6. The highest BCUT2D eigenvalue weighted by atomic mass is 16.5. The monoisotopic (exact) mass is 738 g/mol. The molecular weight excluding hydrogens is 647 g/mol. The van der Waals surface area contributed by atoms with E-state index in [9.17, 15) is 14.7 Å². The highest BCUT2D eigenvalue weighted by molar-refractivity contribution is 5.70. The molecule has 0 aromatic heterocycles. The molecule has 1 N–H and O–H groups in total. The van der Waals surface area contributed by atoms with Crippen molar-refractivity contribution in [3.05, 3.63) is 0 Å². The van der Waals surface area contributed by atoms with Crippen LogP contribution in [0.4, 0.5) is 0 Å². The number of aliphatic hydroxyl groups excluding tert-OH is 1. The second kappa shape index (κ2) is 41.0. The van der Waals surface area contributed by atoms with E-state index in [4.69, 9.17) is 9.47 Å². The molecule has 2 atom stereocenters. The maximum atomic E-state index is 12.7. The maximum absolute atomic E-state index is 12.7. The van der Waals surface area contributed by atoms with Crippen molar-refractivity contribution in [3.8, 4) is 0 Å². The maximum Gasteiger partial charge on any atom is 0.306 e. The average Bonchev–Trinajstić information content (AvgIpc) is 3.13. The fraction of sp³-hybridized carbons (Fsp3) is 0.957. The van der Waals surface area contributed by atoms with E-state index < -0.39 is 0 Å². The Bertz CT molecular complexity index is 688. The molecule has 0 spiro atoms. The van der Waals surface area contributed by atoms with E-state index in [0.29, 0.717) is 44.4 Å². The highest BCUT2D eigenvalue weighted by Gasteiger charge is 2.16. The first kappa shape index (κ1) is 50.9. The van der Waals surface area contributed by atoms with Gasteiger partial charge >= 0.3 is 11.9 Å². The summed E-state index contributed by atoms with van der Waals surface area (Å²) in [5, 5.41) is 9.59. The average molecular weight is 738 g/mol. The molecule has 6 nitrogen and oxygen atoms in total. The van der Waals surface area contributed by atoms with E-state index in [2.05, 4.69) is 32.6 Å². The third-order valence-electron chi connectivity index (χ3n) is 11.0. The standard InChI is InChI=1S/C46H91NO5/c1-5-9-13-17-19-25-33-43(31-23-15-11-7-3)41-45(49)51-39-29-21-27-35-47(37-38-48)36-28-22-30-40-52-46(50)42-44(32-24-16-12-8-4)34-26-20-18-14-10-6-2/h43-44,48H,5-42H2,1-4H3. The van der Waals surface area contributed by atoms with Gasteiger partial charge in [-0.3, -0.25) is 9.59 Å². The Balaban J connectivity index is 4.21. The minimum absolute atomic E-state index is 0.00514. The summed E-state index contributed by atoms with van der Waals surface area (Å²) in [7, 11) is 0. The van der Waals surface area contributed by atoms with Crippen LogP contribution in [0.2, 0.25) is 0 Å². The summed E-state index contributed by atoms with van der Waals surface area (Å²) in [6, 6.07) is 0. The number of esters is 2. The largest absolute Gasteiger partial charge is 0.466 e. The Kier molecular flexibility index (Phi) is 40.1. The number of aliphatic hydroxyl groups is 1. The molecule has 6 heteroatoms. The molecule has 0 aromatic carbocycles. The lowest BCUT2D eigenvalue weighted by Crippen LogP contribution is -2.29. The Morgan fingerprint density at radius 3 is 1.08 bits per heavy atom. The quantitative estimate of drug-likeness (QED) is 0.0496. The molecular formula is C46H91NO5. The molecule has 0 saturated carbocycles. The van der Waals surface area contributed by atoms with Crippen LogP contribution in [0.25, 0.3) is 0 Å². The first-order valence-electron chi connectivity index (χ1n) is 23.1. The molecule has 310 valence electrons. The lowest BCUT2D eigenvalue weighted by Gasteiger charge is -2.21. The van der Waals surface area contributed by atoms with Crippen molar-refractivity contribution < 1.29 is 24.2 Å². The van der Waals surface area contributed by atoms with Gasteiger partial charge in [-0.15, -0.1) is 0 Å². The van der Waals surface area contributed by atoms with Gasteiger partial charge in [-0.2, -0.15) is 0 Å². The molecule has 0 rings (SSSR count). The van der Waals surface area contributed by atoms with Gasteiger partial charge in [0.25, 0.3) is 0 Å². The summed E-state index contributed by atoms with van der Waals surface area (Å²) in [5.41, 5.74) is 0. The molecule has 0 heterocycles. The van der Waals surface area contributed by atoms with Crippen molar-refractivity contribution in [1.82, 2.24) is 4.90 Å². The molecule has 0 aliphatic heterocycles. The second-order valence-electron chi connectivity index (χ2n) is 16.1. The van der Waals surface area contributed by atoms with E-state index in [1.807, 2.05) is 0 Å². The van der Waals surface area contributed by atoms with Gasteiger partial charge < -0.3 is 19.5 Å². The van der Waals surface area contributed by atoms with Crippen LogP contribution in [0.3, 0.4) is 0 Å². The number of rotatable bonds is 42. The molecule has 0 aliphatic carbocycles. The number of unbranched alkanes of at least 4 members (excludes halogenated alkanes) is 20. The first-order valence-corrected chi connectivity index (χ1v) is 23.1. The van der Waals surface area contributed by atoms with E-state index in [-0.39, 0.29) is 18.5 Å². The van der Waals surface area contributed by atoms with Gasteiger partial charge in [-0.1, -0.05) is 156 Å². The molecule has 0 saturated heterocycles. The zero-order chi connectivity index (χ0) is 38.2. The number of carbonyl (C=O) groups is 2. The SMILES string of the molecule is CCCCCCCCC(CCCCCC)CC(=O)OCCCCCN(CCO)CCCCCOC(=O)CC(CCCCCC)CCCCCCCC. The number of nitrogens with zero attached hydrogens (tertiary/aromatic N) is 1. The molecule has 2 unspecified atom stereocenters. The third-order valence-corrected chi connectivity index (χ3v) is 11.0. The molecule has 0 amide bonds. The van der Waals surface area contributed by atoms with Crippen LogP contribution in [-0.4, -0.2) is 61.4 Å². The minimum Gasteiger partial charge on any atom is -0.466 e. The van der Waals surface area contributed by atoms with Crippen molar-refractivity contribution in [2.45, 2.75) is 233 Å². The Morgan fingerprint density at radius 1 is 0.423 bits per heavy atom. The smallest absolute Gasteiger partial charge is 0.306 e. The van der Waals surface area contributed by atoms with Crippen molar-refractivity contribution in [1.29, 1.82) is 0 Å².